The third-order valence-electron chi connectivity index (χ3n) is 4.03. The van der Waals surface area contributed by atoms with Crippen molar-refractivity contribution in [2.45, 2.75) is 18.8 Å². The molecule has 0 amide bonds. The Hall–Kier alpha value is -2.33. The second-order valence-electron chi connectivity index (χ2n) is 5.65. The third-order valence-corrected chi connectivity index (χ3v) is 5.15. The number of para-hydroxylation sites is 1. The normalized spacial score (nSPS) is 13.9. The van der Waals surface area contributed by atoms with E-state index in [2.05, 4.69) is 12.1 Å². The number of carboxylic acids is 1. The van der Waals surface area contributed by atoms with Gasteiger partial charge >= 0.3 is 5.97 Å². The molecule has 1 aromatic heterocycles. The van der Waals surface area contributed by atoms with Gasteiger partial charge in [-0.05, 0) is 36.1 Å². The molecule has 0 aliphatic rings. The molecule has 22 heavy (non-hydrogen) atoms. The summed E-state index contributed by atoms with van der Waals surface area (Å²) in [6, 6.07) is 17.4. The highest BCUT2D eigenvalue weighted by Gasteiger charge is 2.37. The fourth-order valence-corrected chi connectivity index (χ4v) is 3.98. The molecule has 0 saturated carbocycles. The highest BCUT2D eigenvalue weighted by atomic mass is 32.1. The van der Waals surface area contributed by atoms with E-state index in [4.69, 9.17) is 5.73 Å². The quantitative estimate of drug-likeness (QED) is 0.714. The van der Waals surface area contributed by atoms with Crippen molar-refractivity contribution in [1.82, 2.24) is 0 Å². The number of carboxylic acid groups (broad SMARTS) is 1. The van der Waals surface area contributed by atoms with Crippen molar-refractivity contribution in [1.29, 1.82) is 0 Å². The molecule has 112 valence electrons. The first-order valence-electron chi connectivity index (χ1n) is 7.06. The zero-order valence-electron chi connectivity index (χ0n) is 12.2. The van der Waals surface area contributed by atoms with E-state index < -0.39 is 11.4 Å². The van der Waals surface area contributed by atoms with Crippen LogP contribution in [0.25, 0.3) is 10.1 Å². The first kappa shape index (κ1) is 14.6. The number of benzene rings is 2. The van der Waals surface area contributed by atoms with E-state index in [1.807, 2.05) is 30.3 Å². The molecule has 0 aliphatic carbocycles. The predicted octanol–water partition coefficient (Wildman–Crippen LogP) is 4.07. The van der Waals surface area contributed by atoms with Gasteiger partial charge in [0, 0.05) is 21.7 Å². The van der Waals surface area contributed by atoms with Crippen LogP contribution in [0.4, 0.5) is 5.69 Å². The molecule has 0 radical (unpaired) electrons. The number of nitrogens with two attached hydrogens (primary N) is 1. The SMILES string of the molecule is CC(Cc1cc2ccccc2s1)(C(=O)O)c1ccccc1N. The van der Waals surface area contributed by atoms with Crippen LogP contribution in [0.2, 0.25) is 0 Å². The van der Waals surface area contributed by atoms with Crippen LogP contribution < -0.4 is 5.73 Å². The summed E-state index contributed by atoms with van der Waals surface area (Å²) in [5.41, 5.74) is 6.17. The fraction of sp³-hybridized carbons (Fsp3) is 0.167. The number of carbonyl (C=O) groups is 1. The summed E-state index contributed by atoms with van der Waals surface area (Å²) in [4.78, 5) is 13.0. The molecule has 3 nitrogen and oxygen atoms in total. The molecule has 4 heteroatoms. The highest BCUT2D eigenvalue weighted by Crippen LogP contribution is 2.36. The van der Waals surface area contributed by atoms with E-state index in [0.29, 0.717) is 17.7 Å². The molecule has 3 rings (SSSR count). The van der Waals surface area contributed by atoms with Crippen LogP contribution in [0.3, 0.4) is 0 Å². The lowest BCUT2D eigenvalue weighted by Crippen LogP contribution is -2.35. The average molecular weight is 311 g/mol. The summed E-state index contributed by atoms with van der Waals surface area (Å²) < 4.78 is 1.17. The average Bonchev–Trinajstić information content (AvgIpc) is 2.89. The standard InChI is InChI=1S/C18H17NO2S/c1-18(17(20)21,14-7-3-4-8-15(14)19)11-13-10-12-6-2-5-9-16(12)22-13/h2-10H,11,19H2,1H3,(H,20,21). The van der Waals surface area contributed by atoms with Crippen LogP contribution in [0.5, 0.6) is 0 Å². The molecule has 1 unspecified atom stereocenters. The van der Waals surface area contributed by atoms with Gasteiger partial charge < -0.3 is 10.8 Å². The molecule has 2 aromatic carbocycles. The van der Waals surface area contributed by atoms with Gasteiger partial charge in [0.25, 0.3) is 0 Å². The number of nitrogen functional groups attached to an aromatic ring is 1. The molecule has 0 spiro atoms. The maximum Gasteiger partial charge on any atom is 0.314 e. The second kappa shape index (κ2) is 5.46. The van der Waals surface area contributed by atoms with Crippen LogP contribution in [-0.2, 0) is 16.6 Å². The van der Waals surface area contributed by atoms with Gasteiger partial charge in [-0.25, -0.2) is 0 Å². The van der Waals surface area contributed by atoms with E-state index in [0.717, 1.165) is 10.3 Å². The maximum absolute atomic E-state index is 11.9. The van der Waals surface area contributed by atoms with Crippen molar-refractivity contribution in [3.05, 3.63) is 65.0 Å². The lowest BCUT2D eigenvalue weighted by Gasteiger charge is -2.26. The van der Waals surface area contributed by atoms with E-state index in [9.17, 15) is 9.90 Å². The molecular formula is C18H17NO2S. The molecule has 3 N–H and O–H groups in total. The van der Waals surface area contributed by atoms with Crippen molar-refractivity contribution in [3.8, 4) is 0 Å². The van der Waals surface area contributed by atoms with E-state index in [-0.39, 0.29) is 0 Å². The Bertz CT molecular complexity index is 807. The summed E-state index contributed by atoms with van der Waals surface area (Å²) in [5, 5.41) is 10.9. The van der Waals surface area contributed by atoms with Gasteiger partial charge in [0.15, 0.2) is 0 Å². The zero-order chi connectivity index (χ0) is 15.7. The van der Waals surface area contributed by atoms with Crippen molar-refractivity contribution in [3.63, 3.8) is 0 Å². The Morgan fingerprint density at radius 3 is 2.55 bits per heavy atom. The van der Waals surface area contributed by atoms with Gasteiger partial charge in [-0.15, -0.1) is 11.3 Å². The number of thiophene rings is 1. The van der Waals surface area contributed by atoms with Crippen LogP contribution in [0.1, 0.15) is 17.4 Å². The Morgan fingerprint density at radius 2 is 1.86 bits per heavy atom. The first-order valence-corrected chi connectivity index (χ1v) is 7.88. The molecule has 3 aromatic rings. The van der Waals surface area contributed by atoms with Gasteiger partial charge in [-0.2, -0.15) is 0 Å². The van der Waals surface area contributed by atoms with E-state index in [1.54, 1.807) is 30.4 Å². The molecule has 1 heterocycles. The van der Waals surface area contributed by atoms with Crippen molar-refractivity contribution in [2.24, 2.45) is 0 Å². The third kappa shape index (κ3) is 2.46. The number of rotatable bonds is 4. The smallest absolute Gasteiger partial charge is 0.314 e. The number of hydrogen-bond donors (Lipinski definition) is 2. The van der Waals surface area contributed by atoms with Crippen molar-refractivity contribution < 1.29 is 9.90 Å². The number of fused-ring (bicyclic) bond motifs is 1. The molecule has 0 fully saturated rings. The van der Waals surface area contributed by atoms with Gasteiger partial charge in [-0.3, -0.25) is 4.79 Å². The zero-order valence-corrected chi connectivity index (χ0v) is 13.1. The highest BCUT2D eigenvalue weighted by molar-refractivity contribution is 7.19. The van der Waals surface area contributed by atoms with Crippen molar-refractivity contribution >= 4 is 33.1 Å². The van der Waals surface area contributed by atoms with E-state index >= 15 is 0 Å². The Morgan fingerprint density at radius 1 is 1.18 bits per heavy atom. The lowest BCUT2D eigenvalue weighted by atomic mass is 9.78. The molecule has 0 bridgehead atoms. The van der Waals surface area contributed by atoms with Gasteiger partial charge in [0.05, 0.1) is 5.41 Å². The number of hydrogen-bond acceptors (Lipinski definition) is 3. The Kier molecular flexibility index (Phi) is 3.62. The molecule has 0 aliphatic heterocycles. The first-order chi connectivity index (χ1) is 10.5. The lowest BCUT2D eigenvalue weighted by molar-refractivity contribution is -0.143. The van der Waals surface area contributed by atoms with Gasteiger partial charge in [0.1, 0.15) is 0 Å². The number of aliphatic carboxylic acids is 1. The molecular weight excluding hydrogens is 294 g/mol. The predicted molar refractivity (Wildman–Crippen MR) is 91.4 cm³/mol. The molecule has 0 saturated heterocycles. The minimum absolute atomic E-state index is 0.426. The largest absolute Gasteiger partial charge is 0.481 e. The van der Waals surface area contributed by atoms with Gasteiger partial charge in [-0.1, -0.05) is 36.4 Å². The maximum atomic E-state index is 11.9. The topological polar surface area (TPSA) is 63.3 Å². The number of anilines is 1. The second-order valence-corrected chi connectivity index (χ2v) is 6.82. The summed E-state index contributed by atoms with van der Waals surface area (Å²) in [6.45, 7) is 1.74. The van der Waals surface area contributed by atoms with E-state index in [1.165, 1.54) is 4.70 Å². The summed E-state index contributed by atoms with van der Waals surface area (Å²) >= 11 is 1.64. The van der Waals surface area contributed by atoms with Gasteiger partial charge in [0.2, 0.25) is 0 Å². The van der Waals surface area contributed by atoms with Crippen LogP contribution in [0, 0.1) is 0 Å². The van der Waals surface area contributed by atoms with Crippen LogP contribution >= 0.6 is 11.3 Å². The minimum atomic E-state index is -1.04. The van der Waals surface area contributed by atoms with Crippen molar-refractivity contribution in [2.75, 3.05) is 5.73 Å². The summed E-state index contributed by atoms with van der Waals surface area (Å²) in [7, 11) is 0. The van der Waals surface area contributed by atoms with Crippen LogP contribution in [-0.4, -0.2) is 11.1 Å². The fourth-order valence-electron chi connectivity index (χ4n) is 2.76. The summed E-state index contributed by atoms with van der Waals surface area (Å²) in [6.07, 6.45) is 0.426. The Labute approximate surface area is 133 Å². The Balaban J connectivity index is 2.05. The molecule has 1 atom stereocenters. The minimum Gasteiger partial charge on any atom is -0.481 e. The van der Waals surface area contributed by atoms with Crippen LogP contribution in [0.15, 0.2) is 54.6 Å². The summed E-state index contributed by atoms with van der Waals surface area (Å²) in [5.74, 6) is -0.858. The monoisotopic (exact) mass is 311 g/mol.